The number of ether oxygens (including phenoxy) is 2. The van der Waals surface area contributed by atoms with Crippen molar-refractivity contribution in [1.82, 2.24) is 10.6 Å². The maximum atomic E-state index is 12.4. The van der Waals surface area contributed by atoms with Gasteiger partial charge in [-0.2, -0.15) is 0 Å². The molecule has 0 saturated heterocycles. The third-order valence-electron chi connectivity index (χ3n) is 3.27. The molecule has 2 aromatic rings. The zero-order chi connectivity index (χ0) is 18.1. The highest BCUT2D eigenvalue weighted by atomic mass is 16.5. The monoisotopic (exact) mass is 344 g/mol. The van der Waals surface area contributed by atoms with E-state index in [0.29, 0.717) is 30.2 Å². The van der Waals surface area contributed by atoms with E-state index >= 15 is 0 Å². The fourth-order valence-corrected chi connectivity index (χ4v) is 1.97. The van der Waals surface area contributed by atoms with Gasteiger partial charge < -0.3 is 24.5 Å². The molecule has 0 saturated carbocycles. The van der Waals surface area contributed by atoms with Crippen molar-refractivity contribution >= 4 is 17.9 Å². The minimum Gasteiger partial charge on any atom is -0.497 e. The highest BCUT2D eigenvalue weighted by molar-refractivity contribution is 6.05. The molecule has 0 aliphatic rings. The molecule has 0 bridgehead atoms. The summed E-state index contributed by atoms with van der Waals surface area (Å²) in [5, 5.41) is 5.27. The summed E-state index contributed by atoms with van der Waals surface area (Å²) in [6.45, 7) is 0.690. The lowest BCUT2D eigenvalue weighted by Crippen LogP contribution is -2.36. The summed E-state index contributed by atoms with van der Waals surface area (Å²) in [5.74, 6) is 0.241. The Labute approximate surface area is 145 Å². The van der Waals surface area contributed by atoms with Crippen molar-refractivity contribution in [1.29, 1.82) is 0 Å². The minimum absolute atomic E-state index is 0.0758. The Morgan fingerprint density at radius 2 is 1.92 bits per heavy atom. The van der Waals surface area contributed by atoms with E-state index in [0.717, 1.165) is 0 Å². The van der Waals surface area contributed by atoms with Crippen molar-refractivity contribution < 1.29 is 23.5 Å². The molecule has 1 aromatic carbocycles. The van der Waals surface area contributed by atoms with Gasteiger partial charge in [-0.15, -0.1) is 0 Å². The highest BCUT2D eigenvalue weighted by Crippen LogP contribution is 2.12. The van der Waals surface area contributed by atoms with E-state index < -0.39 is 11.8 Å². The second-order valence-corrected chi connectivity index (χ2v) is 5.00. The van der Waals surface area contributed by atoms with Crippen LogP contribution in [0.3, 0.4) is 0 Å². The number of hydrogen-bond donors (Lipinski definition) is 2. The van der Waals surface area contributed by atoms with Crippen molar-refractivity contribution in [2.45, 2.75) is 0 Å². The van der Waals surface area contributed by atoms with Crippen molar-refractivity contribution in [2.75, 3.05) is 27.4 Å². The number of methoxy groups -OCH3 is 2. The van der Waals surface area contributed by atoms with Gasteiger partial charge in [0, 0.05) is 25.3 Å². The van der Waals surface area contributed by atoms with E-state index in [1.807, 2.05) is 0 Å². The van der Waals surface area contributed by atoms with Crippen LogP contribution in [0.4, 0.5) is 0 Å². The molecule has 0 radical (unpaired) electrons. The Hall–Kier alpha value is -3.06. The largest absolute Gasteiger partial charge is 0.497 e. The minimum atomic E-state index is -0.435. The number of rotatable bonds is 8. The average Bonchev–Trinajstić information content (AvgIpc) is 3.14. The van der Waals surface area contributed by atoms with Gasteiger partial charge in [-0.3, -0.25) is 9.59 Å². The first-order chi connectivity index (χ1) is 12.1. The Bertz CT molecular complexity index is 720. The fraction of sp³-hybridized carbons (Fsp3) is 0.222. The first-order valence-corrected chi connectivity index (χ1v) is 7.61. The zero-order valence-corrected chi connectivity index (χ0v) is 14.1. The maximum absolute atomic E-state index is 12.4. The van der Waals surface area contributed by atoms with E-state index in [2.05, 4.69) is 10.6 Å². The lowest BCUT2D eigenvalue weighted by Gasteiger charge is -2.11. The number of amides is 2. The molecule has 1 heterocycles. The molecule has 7 nitrogen and oxygen atoms in total. The second kappa shape index (κ2) is 9.29. The van der Waals surface area contributed by atoms with E-state index in [1.54, 1.807) is 43.5 Å². The number of nitrogens with one attached hydrogen (secondary N) is 2. The Kier molecular flexibility index (Phi) is 6.79. The van der Waals surface area contributed by atoms with E-state index in [-0.39, 0.29) is 5.70 Å². The molecule has 25 heavy (non-hydrogen) atoms. The molecule has 0 spiro atoms. The van der Waals surface area contributed by atoms with E-state index in [4.69, 9.17) is 13.9 Å². The van der Waals surface area contributed by atoms with Gasteiger partial charge in [-0.1, -0.05) is 0 Å². The van der Waals surface area contributed by atoms with Gasteiger partial charge in [0.15, 0.2) is 0 Å². The molecule has 2 rings (SSSR count). The predicted molar refractivity (Wildman–Crippen MR) is 92.0 cm³/mol. The van der Waals surface area contributed by atoms with Gasteiger partial charge in [0.25, 0.3) is 11.8 Å². The van der Waals surface area contributed by atoms with Crippen molar-refractivity contribution in [3.63, 3.8) is 0 Å². The predicted octanol–water partition coefficient (Wildman–Crippen LogP) is 1.82. The Morgan fingerprint density at radius 1 is 1.16 bits per heavy atom. The number of carbonyl (C=O) groups excluding carboxylic acids is 2. The molecule has 0 atom stereocenters. The summed E-state index contributed by atoms with van der Waals surface area (Å²) in [7, 11) is 3.08. The van der Waals surface area contributed by atoms with Gasteiger partial charge >= 0.3 is 0 Å². The standard InChI is InChI=1S/C18H20N2O5/c1-23-11-9-19-18(22)16(12-15-4-3-10-25-15)20-17(21)13-5-7-14(24-2)8-6-13/h3-8,10,12H,9,11H2,1-2H3,(H,19,22)(H,20,21). The van der Waals surface area contributed by atoms with Crippen LogP contribution >= 0.6 is 0 Å². The van der Waals surface area contributed by atoms with E-state index in [9.17, 15) is 9.59 Å². The van der Waals surface area contributed by atoms with Gasteiger partial charge in [-0.05, 0) is 36.4 Å². The molecule has 0 fully saturated rings. The van der Waals surface area contributed by atoms with Crippen LogP contribution < -0.4 is 15.4 Å². The van der Waals surface area contributed by atoms with Gasteiger partial charge in [-0.25, -0.2) is 0 Å². The molecule has 7 heteroatoms. The van der Waals surface area contributed by atoms with Crippen molar-refractivity contribution in [3.8, 4) is 5.75 Å². The van der Waals surface area contributed by atoms with Crippen LogP contribution in [0.5, 0.6) is 5.75 Å². The van der Waals surface area contributed by atoms with Crippen LogP contribution in [0.25, 0.3) is 6.08 Å². The molecular weight excluding hydrogens is 324 g/mol. The van der Waals surface area contributed by atoms with E-state index in [1.165, 1.54) is 19.4 Å². The lowest BCUT2D eigenvalue weighted by atomic mass is 10.2. The number of furan rings is 1. The summed E-state index contributed by atoms with van der Waals surface area (Å²) in [4.78, 5) is 24.7. The Balaban J connectivity index is 2.14. The first-order valence-electron chi connectivity index (χ1n) is 7.61. The lowest BCUT2D eigenvalue weighted by molar-refractivity contribution is -0.117. The van der Waals surface area contributed by atoms with Crippen LogP contribution in [0.1, 0.15) is 16.1 Å². The van der Waals surface area contributed by atoms with Gasteiger partial charge in [0.05, 0.1) is 20.0 Å². The molecule has 132 valence electrons. The Morgan fingerprint density at radius 3 is 2.52 bits per heavy atom. The summed E-state index contributed by atoms with van der Waals surface area (Å²) < 4.78 is 15.2. The second-order valence-electron chi connectivity index (χ2n) is 5.00. The average molecular weight is 344 g/mol. The third-order valence-corrected chi connectivity index (χ3v) is 3.27. The molecule has 2 N–H and O–H groups in total. The molecule has 0 aliphatic heterocycles. The maximum Gasteiger partial charge on any atom is 0.268 e. The normalized spacial score (nSPS) is 11.0. The van der Waals surface area contributed by atoms with Crippen molar-refractivity contribution in [2.24, 2.45) is 0 Å². The smallest absolute Gasteiger partial charge is 0.268 e. The SMILES string of the molecule is COCCNC(=O)C(=Cc1ccco1)NC(=O)c1ccc(OC)cc1. The molecule has 0 unspecified atom stereocenters. The molecular formula is C18H20N2O5. The third kappa shape index (κ3) is 5.50. The summed E-state index contributed by atoms with van der Waals surface area (Å²) in [6.07, 6.45) is 2.95. The summed E-state index contributed by atoms with van der Waals surface area (Å²) in [5.41, 5.74) is 0.475. The van der Waals surface area contributed by atoms with Crippen LogP contribution in [0.15, 0.2) is 52.8 Å². The molecule has 2 amide bonds. The van der Waals surface area contributed by atoms with Crippen LogP contribution in [-0.4, -0.2) is 39.2 Å². The number of carbonyl (C=O) groups is 2. The summed E-state index contributed by atoms with van der Waals surface area (Å²) in [6, 6.07) is 9.94. The van der Waals surface area contributed by atoms with Gasteiger partial charge in [0.1, 0.15) is 17.2 Å². The number of hydrogen-bond acceptors (Lipinski definition) is 5. The van der Waals surface area contributed by atoms with Crippen molar-refractivity contribution in [3.05, 3.63) is 59.7 Å². The first kappa shape index (κ1) is 18.3. The van der Waals surface area contributed by atoms with Crippen LogP contribution in [-0.2, 0) is 9.53 Å². The number of benzene rings is 1. The quantitative estimate of drug-likeness (QED) is 0.563. The topological polar surface area (TPSA) is 89.8 Å². The van der Waals surface area contributed by atoms with Gasteiger partial charge in [0.2, 0.25) is 0 Å². The highest BCUT2D eigenvalue weighted by Gasteiger charge is 2.15. The molecule has 0 aliphatic carbocycles. The fourth-order valence-electron chi connectivity index (χ4n) is 1.97. The van der Waals surface area contributed by atoms with Crippen LogP contribution in [0.2, 0.25) is 0 Å². The van der Waals surface area contributed by atoms with Crippen LogP contribution in [0, 0.1) is 0 Å². The summed E-state index contributed by atoms with van der Waals surface area (Å²) >= 11 is 0. The zero-order valence-electron chi connectivity index (χ0n) is 14.1. The molecule has 1 aromatic heterocycles.